The summed E-state index contributed by atoms with van der Waals surface area (Å²) in [5, 5.41) is 2.60. The lowest BCUT2D eigenvalue weighted by Crippen LogP contribution is -1.81. The fourth-order valence-electron chi connectivity index (χ4n) is 2.44. The van der Waals surface area contributed by atoms with E-state index in [1.807, 2.05) is 6.92 Å². The lowest BCUT2D eigenvalue weighted by atomic mass is 9.97. The molecule has 3 aromatic rings. The molecule has 0 N–H and O–H groups in total. The molecule has 3 rings (SSSR count). The Hall–Kier alpha value is -2.34. The standard InChI is InChI=1S/C19H16/c1-2-6-15-11-13-17(14-12-15)19-10-5-8-16-7-3-4-9-18(16)19/h2-14H,1H3. The summed E-state index contributed by atoms with van der Waals surface area (Å²) in [6.07, 6.45) is 4.18. The molecule has 0 amide bonds. The first-order chi connectivity index (χ1) is 9.38. The van der Waals surface area contributed by atoms with Gasteiger partial charge in [-0.15, -0.1) is 0 Å². The highest BCUT2D eigenvalue weighted by atomic mass is 14.1. The molecule has 0 atom stereocenters. The van der Waals surface area contributed by atoms with E-state index in [0.717, 1.165) is 0 Å². The van der Waals surface area contributed by atoms with E-state index >= 15 is 0 Å². The van der Waals surface area contributed by atoms with Gasteiger partial charge in [0.1, 0.15) is 0 Å². The zero-order valence-electron chi connectivity index (χ0n) is 11.0. The van der Waals surface area contributed by atoms with Gasteiger partial charge in [-0.3, -0.25) is 0 Å². The Morgan fingerprint density at radius 3 is 2.26 bits per heavy atom. The summed E-state index contributed by atoms with van der Waals surface area (Å²) in [5.41, 5.74) is 3.81. The van der Waals surface area contributed by atoms with Crippen LogP contribution >= 0.6 is 0 Å². The van der Waals surface area contributed by atoms with Crippen LogP contribution in [0.15, 0.2) is 72.8 Å². The highest BCUT2D eigenvalue weighted by Crippen LogP contribution is 2.28. The van der Waals surface area contributed by atoms with Crippen molar-refractivity contribution < 1.29 is 0 Å². The first kappa shape index (κ1) is 11.7. The second kappa shape index (κ2) is 5.11. The molecule has 0 aliphatic rings. The molecule has 0 nitrogen and oxygen atoms in total. The lowest BCUT2D eigenvalue weighted by Gasteiger charge is -2.07. The van der Waals surface area contributed by atoms with Crippen LogP contribution in [0.1, 0.15) is 12.5 Å². The fourth-order valence-corrected chi connectivity index (χ4v) is 2.44. The molecular formula is C19H16. The first-order valence-corrected chi connectivity index (χ1v) is 6.59. The molecule has 0 aromatic heterocycles. The number of fused-ring (bicyclic) bond motifs is 1. The molecule has 0 spiro atoms. The minimum absolute atomic E-state index is 1.24. The highest BCUT2D eigenvalue weighted by molar-refractivity contribution is 5.96. The van der Waals surface area contributed by atoms with Gasteiger partial charge in [0.2, 0.25) is 0 Å². The van der Waals surface area contributed by atoms with E-state index in [0.29, 0.717) is 0 Å². The molecule has 0 heteroatoms. The second-order valence-electron chi connectivity index (χ2n) is 4.65. The molecule has 0 aliphatic heterocycles. The molecule has 0 unspecified atom stereocenters. The SMILES string of the molecule is CC=Cc1ccc(-c2cccc3ccccc23)cc1. The lowest BCUT2D eigenvalue weighted by molar-refractivity contribution is 1.61. The van der Waals surface area contributed by atoms with Crippen LogP contribution in [0, 0.1) is 0 Å². The van der Waals surface area contributed by atoms with Gasteiger partial charge in [0.05, 0.1) is 0 Å². The van der Waals surface area contributed by atoms with Gasteiger partial charge in [0.15, 0.2) is 0 Å². The van der Waals surface area contributed by atoms with Crippen LogP contribution in [0.4, 0.5) is 0 Å². The van der Waals surface area contributed by atoms with Gasteiger partial charge in [-0.2, -0.15) is 0 Å². The van der Waals surface area contributed by atoms with Crippen LogP contribution in [-0.2, 0) is 0 Å². The number of allylic oxidation sites excluding steroid dienone is 1. The summed E-state index contributed by atoms with van der Waals surface area (Å²) in [6, 6.07) is 23.7. The first-order valence-electron chi connectivity index (χ1n) is 6.59. The van der Waals surface area contributed by atoms with Crippen molar-refractivity contribution in [1.29, 1.82) is 0 Å². The van der Waals surface area contributed by atoms with E-state index in [2.05, 4.69) is 78.9 Å². The zero-order chi connectivity index (χ0) is 13.1. The van der Waals surface area contributed by atoms with Gasteiger partial charge in [-0.25, -0.2) is 0 Å². The Balaban J connectivity index is 2.13. The Kier molecular flexibility index (Phi) is 3.16. The maximum absolute atomic E-state index is 2.19. The van der Waals surface area contributed by atoms with E-state index < -0.39 is 0 Å². The number of hydrogen-bond donors (Lipinski definition) is 0. The smallest absolute Gasteiger partial charge is 0.0105 e. The van der Waals surface area contributed by atoms with Crippen LogP contribution < -0.4 is 0 Å². The van der Waals surface area contributed by atoms with Gasteiger partial charge in [0.25, 0.3) is 0 Å². The van der Waals surface area contributed by atoms with Gasteiger partial charge < -0.3 is 0 Å². The Labute approximate surface area is 114 Å². The largest absolute Gasteiger partial charge is 0.0871 e. The average molecular weight is 244 g/mol. The molecule has 0 heterocycles. The third kappa shape index (κ3) is 2.30. The second-order valence-corrected chi connectivity index (χ2v) is 4.65. The van der Waals surface area contributed by atoms with E-state index in [9.17, 15) is 0 Å². The summed E-state index contributed by atoms with van der Waals surface area (Å²) < 4.78 is 0. The van der Waals surface area contributed by atoms with E-state index in [1.54, 1.807) is 0 Å². The molecular weight excluding hydrogens is 228 g/mol. The van der Waals surface area contributed by atoms with Crippen molar-refractivity contribution in [3.63, 3.8) is 0 Å². The normalized spacial score (nSPS) is 11.2. The molecule has 0 saturated carbocycles. The Morgan fingerprint density at radius 2 is 1.47 bits per heavy atom. The predicted molar refractivity (Wildman–Crippen MR) is 84.1 cm³/mol. The van der Waals surface area contributed by atoms with Crippen molar-refractivity contribution >= 4 is 16.8 Å². The van der Waals surface area contributed by atoms with Gasteiger partial charge in [-0.05, 0) is 34.4 Å². The van der Waals surface area contributed by atoms with Crippen molar-refractivity contribution in [2.45, 2.75) is 6.92 Å². The van der Waals surface area contributed by atoms with Gasteiger partial charge >= 0.3 is 0 Å². The van der Waals surface area contributed by atoms with E-state index in [-0.39, 0.29) is 0 Å². The molecule has 0 saturated heterocycles. The quantitative estimate of drug-likeness (QED) is 0.555. The summed E-state index contributed by atoms with van der Waals surface area (Å²) >= 11 is 0. The van der Waals surface area contributed by atoms with Crippen LogP contribution in [-0.4, -0.2) is 0 Å². The van der Waals surface area contributed by atoms with Crippen LogP contribution in [0.25, 0.3) is 28.0 Å². The van der Waals surface area contributed by atoms with Crippen molar-refractivity contribution in [1.82, 2.24) is 0 Å². The fraction of sp³-hybridized carbons (Fsp3) is 0.0526. The van der Waals surface area contributed by atoms with Crippen LogP contribution in [0.2, 0.25) is 0 Å². The van der Waals surface area contributed by atoms with E-state index in [4.69, 9.17) is 0 Å². The minimum atomic E-state index is 1.24. The van der Waals surface area contributed by atoms with Crippen LogP contribution in [0.5, 0.6) is 0 Å². The van der Waals surface area contributed by atoms with Crippen molar-refractivity contribution in [2.75, 3.05) is 0 Å². The van der Waals surface area contributed by atoms with E-state index in [1.165, 1.54) is 27.5 Å². The predicted octanol–water partition coefficient (Wildman–Crippen LogP) is 5.54. The van der Waals surface area contributed by atoms with Crippen molar-refractivity contribution in [3.05, 3.63) is 78.4 Å². The number of benzene rings is 3. The Morgan fingerprint density at radius 1 is 0.737 bits per heavy atom. The van der Waals surface area contributed by atoms with Gasteiger partial charge in [0, 0.05) is 0 Å². The minimum Gasteiger partial charge on any atom is -0.0871 e. The molecule has 19 heavy (non-hydrogen) atoms. The molecule has 0 radical (unpaired) electrons. The third-order valence-electron chi connectivity index (χ3n) is 3.37. The third-order valence-corrected chi connectivity index (χ3v) is 3.37. The number of rotatable bonds is 2. The molecule has 0 bridgehead atoms. The van der Waals surface area contributed by atoms with Gasteiger partial charge in [-0.1, -0.05) is 78.9 Å². The summed E-state index contributed by atoms with van der Waals surface area (Å²) in [6.45, 7) is 2.04. The van der Waals surface area contributed by atoms with Crippen molar-refractivity contribution in [2.24, 2.45) is 0 Å². The van der Waals surface area contributed by atoms with Crippen molar-refractivity contribution in [3.8, 4) is 11.1 Å². The highest BCUT2D eigenvalue weighted by Gasteiger charge is 2.02. The maximum Gasteiger partial charge on any atom is -0.0105 e. The average Bonchev–Trinajstić information content (AvgIpc) is 2.48. The molecule has 0 aliphatic carbocycles. The topological polar surface area (TPSA) is 0 Å². The maximum atomic E-state index is 2.19. The monoisotopic (exact) mass is 244 g/mol. The number of hydrogen-bond acceptors (Lipinski definition) is 0. The molecule has 92 valence electrons. The molecule has 0 fully saturated rings. The summed E-state index contributed by atoms with van der Waals surface area (Å²) in [4.78, 5) is 0. The summed E-state index contributed by atoms with van der Waals surface area (Å²) in [5.74, 6) is 0. The Bertz CT molecular complexity index is 713. The molecule has 3 aromatic carbocycles. The van der Waals surface area contributed by atoms with Crippen LogP contribution in [0.3, 0.4) is 0 Å². The summed E-state index contributed by atoms with van der Waals surface area (Å²) in [7, 11) is 0. The zero-order valence-corrected chi connectivity index (χ0v) is 11.0.